The Bertz CT molecular complexity index is 580. The minimum absolute atomic E-state index is 0.0540. The Morgan fingerprint density at radius 2 is 2.05 bits per heavy atom. The molecular formula is C15H21NO4S. The van der Waals surface area contributed by atoms with E-state index in [1.54, 1.807) is 24.3 Å². The molecule has 1 N–H and O–H groups in total. The number of esters is 1. The number of rotatable bonds is 5. The maximum absolute atomic E-state index is 11.7. The summed E-state index contributed by atoms with van der Waals surface area (Å²) in [5.41, 5.74) is 1.33. The topological polar surface area (TPSA) is 72.5 Å². The zero-order chi connectivity index (χ0) is 15.3. The number of anilines is 1. The van der Waals surface area contributed by atoms with Gasteiger partial charge in [-0.05, 0) is 43.5 Å². The van der Waals surface area contributed by atoms with Gasteiger partial charge in [0.05, 0.1) is 23.7 Å². The van der Waals surface area contributed by atoms with Gasteiger partial charge in [-0.1, -0.05) is 6.92 Å². The van der Waals surface area contributed by atoms with Gasteiger partial charge in [-0.3, -0.25) is 0 Å². The molecule has 0 aromatic heterocycles. The normalized spacial score (nSPS) is 20.7. The van der Waals surface area contributed by atoms with Crippen molar-refractivity contribution in [1.82, 2.24) is 0 Å². The molecule has 6 heteroatoms. The van der Waals surface area contributed by atoms with Gasteiger partial charge in [-0.2, -0.15) is 0 Å². The summed E-state index contributed by atoms with van der Waals surface area (Å²) in [5.74, 6) is 0.129. The molecule has 1 aromatic rings. The number of nitrogens with one attached hydrogen (secondary N) is 1. The summed E-state index contributed by atoms with van der Waals surface area (Å²) in [6.07, 6.45) is 2.34. The predicted molar refractivity (Wildman–Crippen MR) is 82.3 cm³/mol. The fraction of sp³-hybridized carbons (Fsp3) is 0.533. The Morgan fingerprint density at radius 3 is 2.67 bits per heavy atom. The van der Waals surface area contributed by atoms with E-state index in [1.165, 1.54) is 0 Å². The molecule has 1 heterocycles. The molecule has 1 unspecified atom stereocenters. The van der Waals surface area contributed by atoms with Gasteiger partial charge in [-0.15, -0.1) is 0 Å². The van der Waals surface area contributed by atoms with Gasteiger partial charge in [0.1, 0.15) is 0 Å². The third-order valence-corrected chi connectivity index (χ3v) is 5.21. The number of carbonyl (C=O) groups excluding carboxylic acids is 1. The summed E-state index contributed by atoms with van der Waals surface area (Å²) in [6, 6.07) is 6.89. The van der Waals surface area contributed by atoms with E-state index < -0.39 is 9.84 Å². The van der Waals surface area contributed by atoms with Crippen LogP contribution in [0.1, 0.15) is 36.5 Å². The summed E-state index contributed by atoms with van der Waals surface area (Å²) in [5, 5.41) is 3.21. The smallest absolute Gasteiger partial charge is 0.338 e. The van der Waals surface area contributed by atoms with E-state index in [1.807, 2.05) is 6.92 Å². The second kappa shape index (κ2) is 6.93. The van der Waals surface area contributed by atoms with E-state index in [9.17, 15) is 13.2 Å². The summed E-state index contributed by atoms with van der Waals surface area (Å²) >= 11 is 0. The number of ether oxygens (including phenoxy) is 1. The lowest BCUT2D eigenvalue weighted by Gasteiger charge is -2.24. The van der Waals surface area contributed by atoms with E-state index in [0.717, 1.165) is 18.5 Å². The monoisotopic (exact) mass is 311 g/mol. The third kappa shape index (κ3) is 4.74. The Morgan fingerprint density at radius 1 is 1.33 bits per heavy atom. The van der Waals surface area contributed by atoms with E-state index in [0.29, 0.717) is 18.6 Å². The Labute approximate surface area is 125 Å². The second-order valence-corrected chi connectivity index (χ2v) is 7.54. The van der Waals surface area contributed by atoms with Crippen LogP contribution in [0.25, 0.3) is 0 Å². The van der Waals surface area contributed by atoms with Gasteiger partial charge in [-0.25, -0.2) is 13.2 Å². The average molecular weight is 311 g/mol. The molecule has 0 aliphatic carbocycles. The lowest BCUT2D eigenvalue weighted by Crippen LogP contribution is -2.34. The molecule has 0 spiro atoms. The molecule has 2 rings (SSSR count). The highest BCUT2D eigenvalue weighted by atomic mass is 32.2. The molecule has 0 amide bonds. The molecule has 0 bridgehead atoms. The van der Waals surface area contributed by atoms with Crippen molar-refractivity contribution in [1.29, 1.82) is 0 Å². The van der Waals surface area contributed by atoms with Gasteiger partial charge < -0.3 is 10.1 Å². The molecule has 21 heavy (non-hydrogen) atoms. The zero-order valence-electron chi connectivity index (χ0n) is 12.2. The number of hydrogen-bond donors (Lipinski definition) is 1. The van der Waals surface area contributed by atoms with Crippen molar-refractivity contribution in [2.75, 3.05) is 23.4 Å². The standard InChI is InChI=1S/C15H21NO4S/c1-2-9-20-15(17)12-5-7-13(8-6-12)16-14-4-3-10-21(18,19)11-14/h5-8,14,16H,2-4,9-11H2,1H3. The molecule has 1 saturated heterocycles. The number of carbonyl (C=O) groups is 1. The first-order valence-corrected chi connectivity index (χ1v) is 9.06. The van der Waals surface area contributed by atoms with E-state index >= 15 is 0 Å². The van der Waals surface area contributed by atoms with Crippen LogP contribution in [0.3, 0.4) is 0 Å². The maximum atomic E-state index is 11.7. The lowest BCUT2D eigenvalue weighted by molar-refractivity contribution is 0.0505. The van der Waals surface area contributed by atoms with Crippen LogP contribution in [0.15, 0.2) is 24.3 Å². The van der Waals surface area contributed by atoms with Crippen molar-refractivity contribution in [2.24, 2.45) is 0 Å². The minimum Gasteiger partial charge on any atom is -0.462 e. The number of benzene rings is 1. The summed E-state index contributed by atoms with van der Waals surface area (Å²) < 4.78 is 28.2. The highest BCUT2D eigenvalue weighted by Crippen LogP contribution is 2.18. The largest absolute Gasteiger partial charge is 0.462 e. The Balaban J connectivity index is 1.94. The highest BCUT2D eigenvalue weighted by molar-refractivity contribution is 7.91. The maximum Gasteiger partial charge on any atom is 0.338 e. The molecule has 1 fully saturated rings. The summed E-state index contributed by atoms with van der Waals surface area (Å²) in [4.78, 5) is 11.7. The van der Waals surface area contributed by atoms with Crippen molar-refractivity contribution < 1.29 is 17.9 Å². The Hall–Kier alpha value is -1.56. The SMILES string of the molecule is CCCOC(=O)c1ccc(NC2CCCS(=O)(=O)C2)cc1. The van der Waals surface area contributed by atoms with Gasteiger partial charge in [0, 0.05) is 11.7 Å². The van der Waals surface area contributed by atoms with E-state index in [-0.39, 0.29) is 23.5 Å². The van der Waals surface area contributed by atoms with Crippen LogP contribution >= 0.6 is 0 Å². The van der Waals surface area contributed by atoms with Crippen molar-refractivity contribution in [3.05, 3.63) is 29.8 Å². The van der Waals surface area contributed by atoms with Crippen LogP contribution < -0.4 is 5.32 Å². The van der Waals surface area contributed by atoms with Gasteiger partial charge >= 0.3 is 5.97 Å². The Kier molecular flexibility index (Phi) is 5.22. The van der Waals surface area contributed by atoms with Crippen LogP contribution in [-0.4, -0.2) is 38.5 Å². The summed E-state index contributed by atoms with van der Waals surface area (Å²) in [7, 11) is -2.92. The molecule has 1 aliphatic heterocycles. The summed E-state index contributed by atoms with van der Waals surface area (Å²) in [6.45, 7) is 2.36. The number of sulfone groups is 1. The van der Waals surface area contributed by atoms with Gasteiger partial charge in [0.25, 0.3) is 0 Å². The average Bonchev–Trinajstić information content (AvgIpc) is 2.44. The first-order valence-electron chi connectivity index (χ1n) is 7.24. The molecule has 0 saturated carbocycles. The van der Waals surface area contributed by atoms with Crippen molar-refractivity contribution in [2.45, 2.75) is 32.2 Å². The van der Waals surface area contributed by atoms with Gasteiger partial charge in [0.15, 0.2) is 9.84 Å². The molecule has 5 nitrogen and oxygen atoms in total. The molecule has 116 valence electrons. The molecular weight excluding hydrogens is 290 g/mol. The van der Waals surface area contributed by atoms with Crippen molar-refractivity contribution >= 4 is 21.5 Å². The van der Waals surface area contributed by atoms with Crippen LogP contribution in [0.2, 0.25) is 0 Å². The number of hydrogen-bond acceptors (Lipinski definition) is 5. The fourth-order valence-electron chi connectivity index (χ4n) is 2.35. The highest BCUT2D eigenvalue weighted by Gasteiger charge is 2.24. The van der Waals surface area contributed by atoms with E-state index in [2.05, 4.69) is 5.32 Å². The molecule has 1 atom stereocenters. The van der Waals surface area contributed by atoms with Crippen molar-refractivity contribution in [3.63, 3.8) is 0 Å². The first kappa shape index (κ1) is 15.8. The molecule has 1 aromatic carbocycles. The third-order valence-electron chi connectivity index (χ3n) is 3.39. The molecule has 1 aliphatic rings. The zero-order valence-corrected chi connectivity index (χ0v) is 13.0. The first-order chi connectivity index (χ1) is 10.00. The lowest BCUT2D eigenvalue weighted by atomic mass is 10.1. The van der Waals surface area contributed by atoms with Crippen LogP contribution in [0, 0.1) is 0 Å². The van der Waals surface area contributed by atoms with E-state index in [4.69, 9.17) is 4.74 Å². The van der Waals surface area contributed by atoms with Crippen molar-refractivity contribution in [3.8, 4) is 0 Å². The molecule has 0 radical (unpaired) electrons. The minimum atomic E-state index is -2.92. The second-order valence-electron chi connectivity index (χ2n) is 5.31. The van der Waals surface area contributed by atoms with Gasteiger partial charge in [0.2, 0.25) is 0 Å². The quantitative estimate of drug-likeness (QED) is 0.844. The fourth-order valence-corrected chi connectivity index (χ4v) is 3.99. The van der Waals surface area contributed by atoms with Crippen LogP contribution in [-0.2, 0) is 14.6 Å². The predicted octanol–water partition coefficient (Wildman–Crippen LogP) is 2.24. The van der Waals surface area contributed by atoms with Crippen LogP contribution in [0.4, 0.5) is 5.69 Å². The van der Waals surface area contributed by atoms with Crippen LogP contribution in [0.5, 0.6) is 0 Å².